The molecule has 1 heterocycles. The Kier molecular flexibility index (Phi) is 3.46. The van der Waals surface area contributed by atoms with Crippen molar-refractivity contribution in [2.24, 2.45) is 5.41 Å². The van der Waals surface area contributed by atoms with Gasteiger partial charge < -0.3 is 5.11 Å². The van der Waals surface area contributed by atoms with Crippen LogP contribution in [0.25, 0.3) is 0 Å². The highest BCUT2D eigenvalue weighted by atomic mass is 32.2. The molecule has 1 aliphatic heterocycles. The molecule has 0 spiro atoms. The van der Waals surface area contributed by atoms with Crippen LogP contribution < -0.4 is 0 Å². The minimum atomic E-state index is -3.72. The molecule has 0 aromatic carbocycles. The maximum absolute atomic E-state index is 11.4. The van der Waals surface area contributed by atoms with Crippen molar-refractivity contribution in [3.63, 3.8) is 0 Å². The third-order valence-electron chi connectivity index (χ3n) is 3.03. The highest BCUT2D eigenvalue weighted by molar-refractivity contribution is 7.86. The maximum atomic E-state index is 11.4. The number of likely N-dealkylation sites (tertiary alicyclic amines) is 1. The molecule has 17 heavy (non-hydrogen) atoms. The number of carboxylic acid groups (broad SMARTS) is 1. The molecule has 7 heteroatoms. The summed E-state index contributed by atoms with van der Waals surface area (Å²) < 4.78 is 27.9. The number of hydrogen-bond acceptors (Lipinski definition) is 4. The largest absolute Gasteiger partial charge is 0.465 e. The Morgan fingerprint density at radius 2 is 1.94 bits per heavy atom. The van der Waals surface area contributed by atoms with Gasteiger partial charge in [0.2, 0.25) is 0 Å². The van der Waals surface area contributed by atoms with E-state index in [0.717, 1.165) is 11.2 Å². The summed E-state index contributed by atoms with van der Waals surface area (Å²) in [7, 11) is -3.72. The first-order chi connectivity index (χ1) is 7.50. The molecule has 0 aliphatic carbocycles. The molecule has 1 rings (SSSR count). The molecule has 1 atom stereocenters. The highest BCUT2D eigenvalue weighted by Gasteiger charge is 2.55. The second-order valence-corrected chi connectivity index (χ2v) is 6.93. The van der Waals surface area contributed by atoms with E-state index in [1.807, 2.05) is 0 Å². The van der Waals surface area contributed by atoms with Crippen LogP contribution in [-0.4, -0.2) is 43.0 Å². The Labute approximate surface area is 102 Å². The number of amides is 1. The number of nitrogens with zero attached hydrogens (tertiary/aromatic N) is 1. The van der Waals surface area contributed by atoms with Crippen molar-refractivity contribution in [2.75, 3.05) is 12.8 Å². The Morgan fingerprint density at radius 3 is 2.29 bits per heavy atom. The van der Waals surface area contributed by atoms with Gasteiger partial charge in [0.15, 0.2) is 5.72 Å². The Morgan fingerprint density at radius 1 is 1.41 bits per heavy atom. The van der Waals surface area contributed by atoms with Gasteiger partial charge in [0, 0.05) is 12.0 Å². The van der Waals surface area contributed by atoms with Gasteiger partial charge in [-0.1, -0.05) is 20.8 Å². The third-order valence-corrected chi connectivity index (χ3v) is 3.60. The van der Waals surface area contributed by atoms with Crippen LogP contribution in [0.15, 0.2) is 0 Å². The van der Waals surface area contributed by atoms with Crippen molar-refractivity contribution < 1.29 is 22.5 Å². The van der Waals surface area contributed by atoms with Crippen molar-refractivity contribution in [3.05, 3.63) is 0 Å². The lowest BCUT2D eigenvalue weighted by molar-refractivity contribution is -0.115. The first kappa shape index (κ1) is 14.2. The number of rotatable bonds is 2. The highest BCUT2D eigenvalue weighted by Crippen LogP contribution is 2.45. The van der Waals surface area contributed by atoms with Crippen LogP contribution in [0.5, 0.6) is 0 Å². The topological polar surface area (TPSA) is 83.9 Å². The monoisotopic (exact) mass is 265 g/mol. The van der Waals surface area contributed by atoms with Gasteiger partial charge in [-0.15, -0.1) is 0 Å². The predicted octanol–water partition coefficient (Wildman–Crippen LogP) is 1.48. The lowest BCUT2D eigenvalue weighted by Gasteiger charge is -2.45. The summed E-state index contributed by atoms with van der Waals surface area (Å²) in [6.07, 6.45) is 0.773. The molecule has 0 aromatic heterocycles. The molecule has 0 saturated carbocycles. The molecule has 1 aliphatic rings. The van der Waals surface area contributed by atoms with E-state index in [4.69, 9.17) is 9.29 Å². The molecule has 6 nitrogen and oxygen atoms in total. The zero-order valence-corrected chi connectivity index (χ0v) is 11.4. The summed E-state index contributed by atoms with van der Waals surface area (Å²) in [6.45, 7) is 5.63. The second-order valence-electron chi connectivity index (χ2n) is 5.36. The van der Waals surface area contributed by atoms with E-state index < -0.39 is 27.4 Å². The zero-order chi connectivity index (χ0) is 13.5. The molecule has 1 fully saturated rings. The molecule has 0 aromatic rings. The minimum absolute atomic E-state index is 0.294. The molecule has 0 radical (unpaired) electrons. The molecule has 1 N–H and O–H groups in total. The van der Waals surface area contributed by atoms with Gasteiger partial charge >= 0.3 is 6.09 Å². The Balaban J connectivity index is 3.24. The van der Waals surface area contributed by atoms with Gasteiger partial charge in [-0.2, -0.15) is 8.42 Å². The van der Waals surface area contributed by atoms with E-state index in [1.54, 1.807) is 20.8 Å². The lowest BCUT2D eigenvalue weighted by atomic mass is 9.81. The normalized spacial score (nSPS) is 26.2. The summed E-state index contributed by atoms with van der Waals surface area (Å²) in [5.74, 6) is 0. The number of carbonyl (C=O) groups is 1. The van der Waals surface area contributed by atoms with Crippen molar-refractivity contribution in [1.82, 2.24) is 4.90 Å². The van der Waals surface area contributed by atoms with Crippen LogP contribution in [0.3, 0.4) is 0 Å². The standard InChI is InChI=1S/C10H19NO5S/c1-9(2,3)10(16-17(4,14)15)6-5-7-11(10)8(12)13/h5-7H2,1-4H3,(H,12,13). The van der Waals surface area contributed by atoms with E-state index in [-0.39, 0.29) is 0 Å². The van der Waals surface area contributed by atoms with Crippen molar-refractivity contribution in [3.8, 4) is 0 Å². The van der Waals surface area contributed by atoms with Crippen LogP contribution in [0, 0.1) is 5.41 Å². The van der Waals surface area contributed by atoms with Gasteiger partial charge in [-0.3, -0.25) is 4.90 Å². The summed E-state index contributed by atoms with van der Waals surface area (Å²) >= 11 is 0. The molecule has 0 bridgehead atoms. The van der Waals surface area contributed by atoms with Gasteiger partial charge in [0.1, 0.15) is 0 Å². The Hall–Kier alpha value is -0.820. The third kappa shape index (κ3) is 2.71. The van der Waals surface area contributed by atoms with Crippen LogP contribution in [-0.2, 0) is 14.3 Å². The number of hydrogen-bond donors (Lipinski definition) is 1. The summed E-state index contributed by atoms with van der Waals surface area (Å²) in [4.78, 5) is 12.3. The predicted molar refractivity (Wildman–Crippen MR) is 62.1 cm³/mol. The second kappa shape index (κ2) is 4.13. The summed E-state index contributed by atoms with van der Waals surface area (Å²) in [6, 6.07) is 0. The van der Waals surface area contributed by atoms with Crippen LogP contribution in [0.2, 0.25) is 0 Å². The Bertz CT molecular complexity index is 411. The van der Waals surface area contributed by atoms with E-state index >= 15 is 0 Å². The average Bonchev–Trinajstić information content (AvgIpc) is 2.44. The van der Waals surface area contributed by atoms with Gasteiger partial charge in [-0.25, -0.2) is 8.98 Å². The molecular formula is C10H19NO5S. The van der Waals surface area contributed by atoms with Crippen LogP contribution >= 0.6 is 0 Å². The van der Waals surface area contributed by atoms with Crippen LogP contribution in [0.4, 0.5) is 4.79 Å². The van der Waals surface area contributed by atoms with Gasteiger partial charge in [0.25, 0.3) is 10.1 Å². The van der Waals surface area contributed by atoms with E-state index in [1.165, 1.54) is 0 Å². The summed E-state index contributed by atoms with van der Waals surface area (Å²) in [5.41, 5.74) is -1.92. The first-order valence-electron chi connectivity index (χ1n) is 5.41. The quantitative estimate of drug-likeness (QED) is 0.764. The molecule has 1 unspecified atom stereocenters. The van der Waals surface area contributed by atoms with Crippen molar-refractivity contribution in [2.45, 2.75) is 39.3 Å². The van der Waals surface area contributed by atoms with E-state index in [2.05, 4.69) is 0 Å². The van der Waals surface area contributed by atoms with Crippen molar-refractivity contribution >= 4 is 16.2 Å². The SMILES string of the molecule is CC(C)(C)C1(OS(C)(=O)=O)CCCN1C(=O)O. The van der Waals surface area contributed by atoms with Crippen LogP contribution in [0.1, 0.15) is 33.6 Å². The smallest absolute Gasteiger partial charge is 0.409 e. The van der Waals surface area contributed by atoms with E-state index in [0.29, 0.717) is 19.4 Å². The molecule has 100 valence electrons. The minimum Gasteiger partial charge on any atom is -0.465 e. The molecular weight excluding hydrogens is 246 g/mol. The zero-order valence-electron chi connectivity index (χ0n) is 10.6. The fourth-order valence-corrected chi connectivity index (χ4v) is 3.21. The fourth-order valence-electron chi connectivity index (χ4n) is 2.28. The fraction of sp³-hybridized carbons (Fsp3) is 0.900. The average molecular weight is 265 g/mol. The van der Waals surface area contributed by atoms with E-state index in [9.17, 15) is 13.2 Å². The maximum Gasteiger partial charge on any atom is 0.409 e. The molecule has 1 saturated heterocycles. The first-order valence-corrected chi connectivity index (χ1v) is 7.22. The van der Waals surface area contributed by atoms with Crippen molar-refractivity contribution in [1.29, 1.82) is 0 Å². The van der Waals surface area contributed by atoms with Gasteiger partial charge in [0.05, 0.1) is 6.26 Å². The molecule has 1 amide bonds. The lowest BCUT2D eigenvalue weighted by Crippen LogP contribution is -2.57. The van der Waals surface area contributed by atoms with Gasteiger partial charge in [-0.05, 0) is 12.8 Å². The summed E-state index contributed by atoms with van der Waals surface area (Å²) in [5, 5.41) is 9.16.